The summed E-state index contributed by atoms with van der Waals surface area (Å²) in [5.74, 6) is 2.05. The fourth-order valence-corrected chi connectivity index (χ4v) is 3.39. The van der Waals surface area contributed by atoms with E-state index in [4.69, 9.17) is 18.9 Å². The first-order valence-electron chi connectivity index (χ1n) is 8.67. The molecule has 0 bridgehead atoms. The van der Waals surface area contributed by atoms with Crippen LogP contribution in [0, 0.1) is 0 Å². The molecule has 0 amide bonds. The predicted octanol–water partition coefficient (Wildman–Crippen LogP) is 2.85. The van der Waals surface area contributed by atoms with Gasteiger partial charge in [-0.15, -0.1) is 0 Å². The molecule has 0 atom stereocenters. The molecule has 0 radical (unpaired) electrons. The van der Waals surface area contributed by atoms with Crippen molar-refractivity contribution in [1.29, 1.82) is 0 Å². The van der Waals surface area contributed by atoms with E-state index >= 15 is 0 Å². The molecule has 27 heavy (non-hydrogen) atoms. The van der Waals surface area contributed by atoms with Gasteiger partial charge in [-0.25, -0.2) is 13.1 Å². The van der Waals surface area contributed by atoms with Crippen LogP contribution in [-0.4, -0.2) is 41.9 Å². The van der Waals surface area contributed by atoms with E-state index in [1.165, 1.54) is 12.1 Å². The minimum atomic E-state index is -3.70. The van der Waals surface area contributed by atoms with Crippen LogP contribution >= 0.6 is 0 Å². The van der Waals surface area contributed by atoms with Gasteiger partial charge in [0.05, 0.1) is 25.2 Å². The molecule has 7 nitrogen and oxygen atoms in total. The molecule has 0 unspecified atom stereocenters. The second-order valence-electron chi connectivity index (χ2n) is 5.37. The fraction of sp³-hybridized carbons (Fsp3) is 0.368. The van der Waals surface area contributed by atoms with Crippen molar-refractivity contribution in [2.45, 2.75) is 18.7 Å². The second-order valence-corrected chi connectivity index (χ2v) is 7.14. The summed E-state index contributed by atoms with van der Waals surface area (Å²) in [6.07, 6.45) is 0. The van der Waals surface area contributed by atoms with Crippen molar-refractivity contribution in [2.24, 2.45) is 0 Å². The lowest BCUT2D eigenvalue weighted by molar-refractivity contribution is 0.287. The van der Waals surface area contributed by atoms with Gasteiger partial charge in [-0.1, -0.05) is 12.1 Å². The molecule has 0 fully saturated rings. The molecular formula is C19H25NO6S. The van der Waals surface area contributed by atoms with Gasteiger partial charge >= 0.3 is 0 Å². The van der Waals surface area contributed by atoms with Crippen LogP contribution in [0.2, 0.25) is 0 Å². The van der Waals surface area contributed by atoms with Crippen LogP contribution < -0.4 is 23.7 Å². The molecule has 0 aromatic heterocycles. The van der Waals surface area contributed by atoms with Gasteiger partial charge in [0.25, 0.3) is 0 Å². The minimum absolute atomic E-state index is 0.103. The van der Waals surface area contributed by atoms with E-state index in [0.717, 1.165) is 0 Å². The Labute approximate surface area is 160 Å². The molecule has 0 spiro atoms. The molecule has 2 aromatic rings. The molecule has 0 aliphatic heterocycles. The summed E-state index contributed by atoms with van der Waals surface area (Å²) in [5.41, 5.74) is 0. The Bertz CT molecular complexity index is 838. The lowest BCUT2D eigenvalue weighted by Crippen LogP contribution is -2.28. The molecule has 148 valence electrons. The van der Waals surface area contributed by atoms with Crippen molar-refractivity contribution in [3.05, 3.63) is 42.5 Å². The average molecular weight is 395 g/mol. The Morgan fingerprint density at radius 2 is 1.48 bits per heavy atom. The van der Waals surface area contributed by atoms with Crippen molar-refractivity contribution < 1.29 is 27.4 Å². The monoisotopic (exact) mass is 395 g/mol. The largest absolute Gasteiger partial charge is 0.493 e. The third kappa shape index (κ3) is 5.77. The van der Waals surface area contributed by atoms with Gasteiger partial charge in [-0.05, 0) is 38.1 Å². The normalized spacial score (nSPS) is 11.1. The van der Waals surface area contributed by atoms with E-state index in [2.05, 4.69) is 4.72 Å². The number of rotatable bonds is 11. The highest BCUT2D eigenvalue weighted by molar-refractivity contribution is 7.89. The smallest absolute Gasteiger partial charge is 0.240 e. The Hall–Kier alpha value is -2.45. The van der Waals surface area contributed by atoms with E-state index in [-0.39, 0.29) is 18.0 Å². The zero-order valence-electron chi connectivity index (χ0n) is 15.7. The van der Waals surface area contributed by atoms with Crippen LogP contribution in [0.15, 0.2) is 47.4 Å². The summed E-state index contributed by atoms with van der Waals surface area (Å²) >= 11 is 0. The van der Waals surface area contributed by atoms with E-state index < -0.39 is 10.0 Å². The predicted molar refractivity (Wildman–Crippen MR) is 102 cm³/mol. The van der Waals surface area contributed by atoms with Crippen LogP contribution in [0.1, 0.15) is 13.8 Å². The summed E-state index contributed by atoms with van der Waals surface area (Å²) in [6, 6.07) is 11.7. The first kappa shape index (κ1) is 20.9. The number of ether oxygens (including phenoxy) is 4. The van der Waals surface area contributed by atoms with Crippen molar-refractivity contribution in [3.63, 3.8) is 0 Å². The maximum atomic E-state index is 12.5. The molecule has 0 saturated carbocycles. The first-order chi connectivity index (χ1) is 13.0. The van der Waals surface area contributed by atoms with Crippen LogP contribution in [0.4, 0.5) is 0 Å². The topological polar surface area (TPSA) is 83.1 Å². The second kappa shape index (κ2) is 10.0. The number of hydrogen-bond donors (Lipinski definition) is 1. The van der Waals surface area contributed by atoms with Gasteiger partial charge < -0.3 is 18.9 Å². The highest BCUT2D eigenvalue weighted by Gasteiger charge is 2.17. The summed E-state index contributed by atoms with van der Waals surface area (Å²) in [4.78, 5) is 0.103. The number of benzene rings is 2. The van der Waals surface area contributed by atoms with Crippen molar-refractivity contribution in [2.75, 3.05) is 33.5 Å². The minimum Gasteiger partial charge on any atom is -0.493 e. The molecule has 0 heterocycles. The van der Waals surface area contributed by atoms with Crippen molar-refractivity contribution in [3.8, 4) is 23.0 Å². The molecule has 0 saturated heterocycles. The average Bonchev–Trinajstić information content (AvgIpc) is 2.67. The molecule has 8 heteroatoms. The van der Waals surface area contributed by atoms with Crippen LogP contribution in [0.25, 0.3) is 0 Å². The Morgan fingerprint density at radius 1 is 0.852 bits per heavy atom. The van der Waals surface area contributed by atoms with Crippen LogP contribution in [0.5, 0.6) is 23.0 Å². The number of methoxy groups -OCH3 is 1. The zero-order valence-corrected chi connectivity index (χ0v) is 16.5. The molecule has 0 aliphatic carbocycles. The van der Waals surface area contributed by atoms with Crippen LogP contribution in [-0.2, 0) is 10.0 Å². The Morgan fingerprint density at radius 3 is 2.15 bits per heavy atom. The maximum Gasteiger partial charge on any atom is 0.240 e. The molecule has 0 aliphatic rings. The standard InChI is InChI=1S/C19H25NO6S/c1-4-24-18-11-10-15(14-19(18)25-5-2)27(21,22)20-12-13-26-17-9-7-6-8-16(17)23-3/h6-11,14,20H,4-5,12-13H2,1-3H3. The summed E-state index contributed by atoms with van der Waals surface area (Å²) < 4.78 is 49.2. The van der Waals surface area contributed by atoms with Gasteiger partial charge in [0, 0.05) is 12.6 Å². The SMILES string of the molecule is CCOc1ccc(S(=O)(=O)NCCOc2ccccc2OC)cc1OCC. The number of para-hydroxylation sites is 2. The summed E-state index contributed by atoms with van der Waals surface area (Å²) in [7, 11) is -2.15. The van der Waals surface area contributed by atoms with Crippen molar-refractivity contribution in [1.82, 2.24) is 4.72 Å². The quantitative estimate of drug-likeness (QED) is 0.589. The summed E-state index contributed by atoms with van der Waals surface area (Å²) in [6.45, 7) is 4.81. The third-order valence-corrected chi connectivity index (χ3v) is 5.00. The van der Waals surface area contributed by atoms with Gasteiger partial charge in [0.1, 0.15) is 6.61 Å². The maximum absolute atomic E-state index is 12.5. The summed E-state index contributed by atoms with van der Waals surface area (Å²) in [5, 5.41) is 0. The Kier molecular flexibility index (Phi) is 7.75. The molecule has 2 rings (SSSR count). The van der Waals surface area contributed by atoms with Crippen molar-refractivity contribution >= 4 is 10.0 Å². The van der Waals surface area contributed by atoms with E-state index in [9.17, 15) is 8.42 Å². The Balaban J connectivity index is 2.00. The number of sulfonamides is 1. The zero-order chi connectivity index (χ0) is 19.7. The van der Waals surface area contributed by atoms with E-state index in [1.54, 1.807) is 25.3 Å². The lowest BCUT2D eigenvalue weighted by atomic mass is 10.3. The van der Waals surface area contributed by atoms with Gasteiger partial charge in [0.15, 0.2) is 23.0 Å². The van der Waals surface area contributed by atoms with E-state index in [0.29, 0.717) is 36.2 Å². The molecular weight excluding hydrogens is 370 g/mol. The molecule has 2 aromatic carbocycles. The fourth-order valence-electron chi connectivity index (χ4n) is 2.36. The molecule has 1 N–H and O–H groups in total. The number of nitrogens with one attached hydrogen (secondary N) is 1. The lowest BCUT2D eigenvalue weighted by Gasteiger charge is -2.14. The van der Waals surface area contributed by atoms with Gasteiger partial charge in [-0.3, -0.25) is 0 Å². The first-order valence-corrected chi connectivity index (χ1v) is 10.1. The highest BCUT2D eigenvalue weighted by Crippen LogP contribution is 2.30. The number of hydrogen-bond acceptors (Lipinski definition) is 6. The van der Waals surface area contributed by atoms with Gasteiger partial charge in [-0.2, -0.15) is 0 Å². The third-order valence-electron chi connectivity index (χ3n) is 3.55. The van der Waals surface area contributed by atoms with Crippen LogP contribution in [0.3, 0.4) is 0 Å². The highest BCUT2D eigenvalue weighted by atomic mass is 32.2. The van der Waals surface area contributed by atoms with E-state index in [1.807, 2.05) is 26.0 Å². The van der Waals surface area contributed by atoms with Gasteiger partial charge in [0.2, 0.25) is 10.0 Å².